The van der Waals surface area contributed by atoms with Gasteiger partial charge in [-0.1, -0.05) is 45.7 Å². The number of benzene rings is 1. The zero-order valence-electron chi connectivity index (χ0n) is 6.63. The highest BCUT2D eigenvalue weighted by atomic mass is 79.9. The van der Waals surface area contributed by atoms with Gasteiger partial charge in [-0.05, 0) is 30.4 Å². The van der Waals surface area contributed by atoms with Crippen molar-refractivity contribution in [3.8, 4) is 0 Å². The molecule has 1 aliphatic rings. The van der Waals surface area contributed by atoms with E-state index in [1.54, 1.807) is 0 Å². The average Bonchev–Trinajstić information content (AvgIpc) is 2.72. The molecule has 2 rings (SSSR count). The Morgan fingerprint density at radius 2 is 2.08 bits per heavy atom. The first-order chi connectivity index (χ1) is 5.77. The van der Waals surface area contributed by atoms with E-state index in [4.69, 9.17) is 11.6 Å². The zero-order valence-corrected chi connectivity index (χ0v) is 8.98. The van der Waals surface area contributed by atoms with Gasteiger partial charge in [-0.25, -0.2) is 0 Å². The average molecular weight is 246 g/mol. The summed E-state index contributed by atoms with van der Waals surface area (Å²) in [6, 6.07) is 8.10. The molecule has 64 valence electrons. The van der Waals surface area contributed by atoms with Crippen LogP contribution in [0.25, 0.3) is 0 Å². The summed E-state index contributed by atoms with van der Waals surface area (Å²) >= 11 is 9.62. The van der Waals surface area contributed by atoms with Gasteiger partial charge in [-0.3, -0.25) is 0 Å². The fourth-order valence-corrected chi connectivity index (χ4v) is 2.25. The summed E-state index contributed by atoms with van der Waals surface area (Å²) in [5, 5.41) is 0.907. The highest BCUT2D eigenvalue weighted by Crippen LogP contribution is 2.41. The number of alkyl halides is 1. The van der Waals surface area contributed by atoms with Gasteiger partial charge in [-0.15, -0.1) is 0 Å². The molecule has 0 bridgehead atoms. The summed E-state index contributed by atoms with van der Waals surface area (Å²) in [4.78, 5) is 0.730. The standard InChI is InChI=1S/C10H10BrCl/c11-9-6-8(9)5-7-3-1-2-4-10(7)12/h1-4,8-9H,5-6H2. The van der Waals surface area contributed by atoms with Crippen molar-refractivity contribution in [3.63, 3.8) is 0 Å². The lowest BCUT2D eigenvalue weighted by molar-refractivity contribution is 0.838. The van der Waals surface area contributed by atoms with E-state index in [0.717, 1.165) is 22.2 Å². The third-order valence-corrected chi connectivity index (χ3v) is 3.77. The molecular formula is C10H10BrCl. The number of rotatable bonds is 2. The van der Waals surface area contributed by atoms with Crippen LogP contribution in [0.15, 0.2) is 24.3 Å². The van der Waals surface area contributed by atoms with Gasteiger partial charge >= 0.3 is 0 Å². The van der Waals surface area contributed by atoms with Crippen LogP contribution in [0.3, 0.4) is 0 Å². The Bertz CT molecular complexity index is 285. The van der Waals surface area contributed by atoms with E-state index in [1.807, 2.05) is 18.2 Å². The minimum absolute atomic E-state index is 0.730. The molecule has 2 atom stereocenters. The molecule has 0 nitrogen and oxygen atoms in total. The predicted octanol–water partition coefficient (Wildman–Crippen LogP) is 3.67. The molecule has 0 radical (unpaired) electrons. The molecule has 1 aliphatic carbocycles. The number of halogens is 2. The van der Waals surface area contributed by atoms with Crippen LogP contribution >= 0.6 is 27.5 Å². The third kappa shape index (κ3) is 1.83. The minimum Gasteiger partial charge on any atom is -0.0887 e. The van der Waals surface area contributed by atoms with Crippen molar-refractivity contribution in [1.82, 2.24) is 0 Å². The summed E-state index contributed by atoms with van der Waals surface area (Å²) < 4.78 is 0. The molecule has 1 saturated carbocycles. The molecule has 0 amide bonds. The Hall–Kier alpha value is -0.0100. The molecule has 0 N–H and O–H groups in total. The van der Waals surface area contributed by atoms with Crippen LogP contribution < -0.4 is 0 Å². The molecule has 0 spiro atoms. The third-order valence-electron chi connectivity index (χ3n) is 2.28. The van der Waals surface area contributed by atoms with Crippen LogP contribution in [-0.2, 0) is 6.42 Å². The van der Waals surface area contributed by atoms with Crippen molar-refractivity contribution in [2.24, 2.45) is 5.92 Å². The Morgan fingerprint density at radius 1 is 1.42 bits per heavy atom. The first-order valence-corrected chi connectivity index (χ1v) is 5.44. The minimum atomic E-state index is 0.730. The molecule has 0 aromatic heterocycles. The highest BCUT2D eigenvalue weighted by molar-refractivity contribution is 9.09. The SMILES string of the molecule is Clc1ccccc1CC1CC1Br. The molecule has 1 aromatic carbocycles. The second kappa shape index (κ2) is 3.39. The second-order valence-corrected chi connectivity index (χ2v) is 4.89. The summed E-state index contributed by atoms with van der Waals surface area (Å²) in [5.74, 6) is 0.810. The highest BCUT2D eigenvalue weighted by Gasteiger charge is 2.34. The van der Waals surface area contributed by atoms with E-state index in [2.05, 4.69) is 22.0 Å². The number of hydrogen-bond acceptors (Lipinski definition) is 0. The molecule has 1 aromatic rings. The monoisotopic (exact) mass is 244 g/mol. The van der Waals surface area contributed by atoms with Crippen LogP contribution in [0.5, 0.6) is 0 Å². The van der Waals surface area contributed by atoms with Crippen LogP contribution in [0.1, 0.15) is 12.0 Å². The molecule has 0 heterocycles. The molecule has 2 unspecified atom stereocenters. The van der Waals surface area contributed by atoms with Gasteiger partial charge in [0.1, 0.15) is 0 Å². The van der Waals surface area contributed by atoms with Gasteiger partial charge in [0.05, 0.1) is 0 Å². The van der Waals surface area contributed by atoms with E-state index >= 15 is 0 Å². The van der Waals surface area contributed by atoms with E-state index in [-0.39, 0.29) is 0 Å². The maximum Gasteiger partial charge on any atom is 0.0438 e. The molecule has 1 fully saturated rings. The Kier molecular flexibility index (Phi) is 2.42. The van der Waals surface area contributed by atoms with E-state index in [9.17, 15) is 0 Å². The van der Waals surface area contributed by atoms with Crippen molar-refractivity contribution in [1.29, 1.82) is 0 Å². The van der Waals surface area contributed by atoms with Crippen molar-refractivity contribution >= 4 is 27.5 Å². The largest absolute Gasteiger partial charge is 0.0887 e. The van der Waals surface area contributed by atoms with Gasteiger partial charge in [0.25, 0.3) is 0 Å². The second-order valence-electron chi connectivity index (χ2n) is 3.31. The van der Waals surface area contributed by atoms with Gasteiger partial charge < -0.3 is 0 Å². The lowest BCUT2D eigenvalue weighted by Gasteiger charge is -2.01. The fourth-order valence-electron chi connectivity index (χ4n) is 1.37. The van der Waals surface area contributed by atoms with Crippen molar-refractivity contribution in [2.45, 2.75) is 17.7 Å². The topological polar surface area (TPSA) is 0 Å². The van der Waals surface area contributed by atoms with E-state index in [1.165, 1.54) is 12.0 Å². The maximum atomic E-state index is 6.03. The summed E-state index contributed by atoms with van der Waals surface area (Å²) in [7, 11) is 0. The molecular weight excluding hydrogens is 235 g/mol. The zero-order chi connectivity index (χ0) is 8.55. The maximum absolute atomic E-state index is 6.03. The lowest BCUT2D eigenvalue weighted by Crippen LogP contribution is -1.89. The fraction of sp³-hybridized carbons (Fsp3) is 0.400. The van der Waals surface area contributed by atoms with E-state index < -0.39 is 0 Å². The lowest BCUT2D eigenvalue weighted by atomic mass is 10.1. The normalized spacial score (nSPS) is 27.2. The van der Waals surface area contributed by atoms with E-state index in [0.29, 0.717) is 0 Å². The van der Waals surface area contributed by atoms with Gasteiger partial charge in [0.2, 0.25) is 0 Å². The first-order valence-electron chi connectivity index (χ1n) is 4.15. The summed E-state index contributed by atoms with van der Waals surface area (Å²) in [5.41, 5.74) is 1.28. The first kappa shape index (κ1) is 8.58. The quantitative estimate of drug-likeness (QED) is 0.698. The van der Waals surface area contributed by atoms with Gasteiger partial charge in [0.15, 0.2) is 0 Å². The van der Waals surface area contributed by atoms with Gasteiger partial charge in [-0.2, -0.15) is 0 Å². The Labute approximate surface area is 86.1 Å². The van der Waals surface area contributed by atoms with Crippen molar-refractivity contribution in [3.05, 3.63) is 34.9 Å². The van der Waals surface area contributed by atoms with Crippen LogP contribution in [-0.4, -0.2) is 4.83 Å². The molecule has 0 aliphatic heterocycles. The number of hydrogen-bond donors (Lipinski definition) is 0. The predicted molar refractivity (Wildman–Crippen MR) is 56.0 cm³/mol. The Morgan fingerprint density at radius 3 is 2.67 bits per heavy atom. The Balaban J connectivity index is 2.08. The van der Waals surface area contributed by atoms with Crippen LogP contribution in [0, 0.1) is 5.92 Å². The van der Waals surface area contributed by atoms with Crippen molar-refractivity contribution < 1.29 is 0 Å². The summed E-state index contributed by atoms with van der Waals surface area (Å²) in [6.45, 7) is 0. The van der Waals surface area contributed by atoms with Crippen molar-refractivity contribution in [2.75, 3.05) is 0 Å². The van der Waals surface area contributed by atoms with Gasteiger partial charge in [0, 0.05) is 9.85 Å². The molecule has 12 heavy (non-hydrogen) atoms. The summed E-state index contributed by atoms with van der Waals surface area (Å²) in [6.07, 6.45) is 2.42. The molecule has 2 heteroatoms. The smallest absolute Gasteiger partial charge is 0.0438 e. The van der Waals surface area contributed by atoms with Crippen LogP contribution in [0.2, 0.25) is 5.02 Å². The molecule has 0 saturated heterocycles. The van der Waals surface area contributed by atoms with Crippen LogP contribution in [0.4, 0.5) is 0 Å².